The second-order valence-electron chi connectivity index (χ2n) is 8.85. The van der Waals surface area contributed by atoms with E-state index in [1.807, 2.05) is 18.2 Å². The summed E-state index contributed by atoms with van der Waals surface area (Å²) in [6.45, 7) is 1.36. The molecule has 206 valence electrons. The molecule has 1 atom stereocenters. The summed E-state index contributed by atoms with van der Waals surface area (Å²) < 4.78 is 15.8. The van der Waals surface area contributed by atoms with Crippen LogP contribution in [0.3, 0.4) is 0 Å². The molecule has 9 nitrogen and oxygen atoms in total. The maximum absolute atomic E-state index is 12.2. The summed E-state index contributed by atoms with van der Waals surface area (Å²) in [4.78, 5) is 36.2. The minimum Gasteiger partial charge on any atom is -0.410 e. The van der Waals surface area contributed by atoms with Crippen LogP contribution in [0.1, 0.15) is 32.1 Å². The first-order valence-electron chi connectivity index (χ1n) is 13.1. The summed E-state index contributed by atoms with van der Waals surface area (Å²) in [7, 11) is 0. The smallest absolute Gasteiger partial charge is 0.410 e. The molecule has 3 rings (SSSR count). The molecule has 0 saturated heterocycles. The van der Waals surface area contributed by atoms with Crippen molar-refractivity contribution in [2.75, 3.05) is 19.6 Å². The molecule has 0 aliphatic carbocycles. The molecule has 0 fully saturated rings. The van der Waals surface area contributed by atoms with Gasteiger partial charge in [0.1, 0.15) is 17.2 Å². The average molecular weight is 534 g/mol. The third kappa shape index (κ3) is 12.5. The van der Waals surface area contributed by atoms with Gasteiger partial charge in [-0.15, -0.1) is 0 Å². The van der Waals surface area contributed by atoms with Crippen molar-refractivity contribution >= 4 is 18.3 Å². The van der Waals surface area contributed by atoms with Gasteiger partial charge in [0.2, 0.25) is 0 Å². The third-order valence-corrected chi connectivity index (χ3v) is 5.76. The first-order chi connectivity index (χ1) is 19.1. The van der Waals surface area contributed by atoms with E-state index in [2.05, 4.69) is 16.0 Å². The number of rotatable bonds is 14. The number of nitrogens with one attached hydrogen (secondary N) is 3. The fraction of sp³-hybridized carbons (Fsp3) is 0.300. The van der Waals surface area contributed by atoms with Crippen molar-refractivity contribution in [2.24, 2.45) is 5.92 Å². The van der Waals surface area contributed by atoms with Gasteiger partial charge in [-0.25, -0.2) is 14.4 Å². The summed E-state index contributed by atoms with van der Waals surface area (Å²) in [6.07, 6.45) is 2.42. The Morgan fingerprint density at radius 2 is 0.897 bits per heavy atom. The Hall–Kier alpha value is -4.53. The van der Waals surface area contributed by atoms with Gasteiger partial charge in [-0.1, -0.05) is 61.0 Å². The number of ether oxygens (including phenoxy) is 3. The highest BCUT2D eigenvalue weighted by Gasteiger charge is 2.13. The summed E-state index contributed by atoms with van der Waals surface area (Å²) in [6, 6.07) is 26.6. The number of hydrogen-bond acceptors (Lipinski definition) is 6. The second kappa shape index (κ2) is 17.1. The molecular formula is C30H35N3O6. The molecule has 0 aliphatic heterocycles. The Kier molecular flexibility index (Phi) is 12.7. The van der Waals surface area contributed by atoms with Gasteiger partial charge in [0.05, 0.1) is 0 Å². The first-order valence-corrected chi connectivity index (χ1v) is 13.1. The summed E-state index contributed by atoms with van der Waals surface area (Å²) >= 11 is 0. The normalized spacial score (nSPS) is 11.1. The lowest BCUT2D eigenvalue weighted by atomic mass is 9.96. The van der Waals surface area contributed by atoms with Crippen molar-refractivity contribution < 1.29 is 28.6 Å². The van der Waals surface area contributed by atoms with Gasteiger partial charge in [0, 0.05) is 19.6 Å². The van der Waals surface area contributed by atoms with Gasteiger partial charge in [-0.2, -0.15) is 0 Å². The minimum atomic E-state index is -0.513. The minimum absolute atomic E-state index is 0.163. The number of carbonyl (C=O) groups excluding carboxylic acids is 3. The standard InChI is InChI=1S/C30H35N3O6/c34-28(37-25-15-4-1-5-16-25)31-21-11-10-13-24(23-33-30(36)39-27-19-8-3-9-20-27)14-12-22-32-29(35)38-26-17-6-2-7-18-26/h1-9,15-20,24H,10-14,21-23H2,(H,31,34)(H,32,35)(H,33,36). The van der Waals surface area contributed by atoms with Crippen LogP contribution in [0, 0.1) is 5.92 Å². The van der Waals surface area contributed by atoms with E-state index in [0.29, 0.717) is 43.3 Å². The van der Waals surface area contributed by atoms with E-state index >= 15 is 0 Å². The second-order valence-corrected chi connectivity index (χ2v) is 8.85. The first kappa shape index (κ1) is 29.0. The Bertz CT molecular complexity index is 1130. The van der Waals surface area contributed by atoms with E-state index in [0.717, 1.165) is 25.7 Å². The SMILES string of the molecule is O=C(NCCCCC(CCCNC(=O)Oc1ccccc1)CNC(=O)Oc1ccccc1)Oc1ccccc1. The van der Waals surface area contributed by atoms with Gasteiger partial charge >= 0.3 is 18.3 Å². The van der Waals surface area contributed by atoms with E-state index in [4.69, 9.17) is 14.2 Å². The highest BCUT2D eigenvalue weighted by molar-refractivity contribution is 5.71. The van der Waals surface area contributed by atoms with E-state index in [1.54, 1.807) is 72.8 Å². The molecule has 0 spiro atoms. The molecule has 0 bridgehead atoms. The third-order valence-electron chi connectivity index (χ3n) is 5.76. The zero-order valence-corrected chi connectivity index (χ0v) is 21.8. The Morgan fingerprint density at radius 1 is 0.513 bits per heavy atom. The van der Waals surface area contributed by atoms with Gasteiger partial charge in [-0.05, 0) is 68.0 Å². The summed E-state index contributed by atoms with van der Waals surface area (Å²) in [5.74, 6) is 1.61. The molecule has 1 unspecified atom stereocenters. The van der Waals surface area contributed by atoms with Crippen molar-refractivity contribution in [2.45, 2.75) is 32.1 Å². The van der Waals surface area contributed by atoms with Crippen LogP contribution in [0.4, 0.5) is 14.4 Å². The maximum Gasteiger partial charge on any atom is 0.412 e. The molecule has 3 amide bonds. The highest BCUT2D eigenvalue weighted by Crippen LogP contribution is 2.15. The van der Waals surface area contributed by atoms with Crippen LogP contribution in [-0.2, 0) is 0 Å². The largest absolute Gasteiger partial charge is 0.412 e. The molecule has 0 heterocycles. The van der Waals surface area contributed by atoms with Crippen molar-refractivity contribution in [1.29, 1.82) is 0 Å². The predicted octanol–water partition coefficient (Wildman–Crippen LogP) is 5.92. The topological polar surface area (TPSA) is 115 Å². The van der Waals surface area contributed by atoms with Crippen LogP contribution in [0.2, 0.25) is 0 Å². The van der Waals surface area contributed by atoms with Crippen LogP contribution in [0.15, 0.2) is 91.0 Å². The number of carbonyl (C=O) groups is 3. The quantitative estimate of drug-likeness (QED) is 0.222. The highest BCUT2D eigenvalue weighted by atomic mass is 16.6. The molecule has 0 aliphatic rings. The van der Waals surface area contributed by atoms with E-state index in [1.165, 1.54) is 0 Å². The van der Waals surface area contributed by atoms with Crippen LogP contribution in [-0.4, -0.2) is 37.9 Å². The van der Waals surface area contributed by atoms with Crippen LogP contribution >= 0.6 is 0 Å². The number of unbranched alkanes of at least 4 members (excludes halogenated alkanes) is 1. The molecule has 0 saturated carbocycles. The zero-order valence-electron chi connectivity index (χ0n) is 21.8. The van der Waals surface area contributed by atoms with Gasteiger partial charge in [0.15, 0.2) is 0 Å². The fourth-order valence-electron chi connectivity index (χ4n) is 3.80. The van der Waals surface area contributed by atoms with Crippen LogP contribution in [0.5, 0.6) is 17.2 Å². The van der Waals surface area contributed by atoms with Gasteiger partial charge in [0.25, 0.3) is 0 Å². The van der Waals surface area contributed by atoms with Crippen molar-refractivity contribution in [3.63, 3.8) is 0 Å². The molecule has 3 aromatic carbocycles. The van der Waals surface area contributed by atoms with Crippen molar-refractivity contribution in [1.82, 2.24) is 16.0 Å². The molecule has 0 aromatic heterocycles. The van der Waals surface area contributed by atoms with Crippen molar-refractivity contribution in [3.05, 3.63) is 91.0 Å². The maximum atomic E-state index is 12.2. The Labute approximate surface area is 228 Å². The molecule has 9 heteroatoms. The lowest BCUT2D eigenvalue weighted by Crippen LogP contribution is -2.33. The fourth-order valence-corrected chi connectivity index (χ4v) is 3.80. The lowest BCUT2D eigenvalue weighted by Gasteiger charge is -2.18. The predicted molar refractivity (Wildman–Crippen MR) is 148 cm³/mol. The number of hydrogen-bond donors (Lipinski definition) is 3. The van der Waals surface area contributed by atoms with E-state index < -0.39 is 18.3 Å². The van der Waals surface area contributed by atoms with E-state index in [9.17, 15) is 14.4 Å². The molecule has 3 N–H and O–H groups in total. The Morgan fingerprint density at radius 3 is 1.36 bits per heavy atom. The molecule has 0 radical (unpaired) electrons. The number of para-hydroxylation sites is 3. The Balaban J connectivity index is 1.37. The van der Waals surface area contributed by atoms with Crippen LogP contribution < -0.4 is 30.2 Å². The number of benzene rings is 3. The van der Waals surface area contributed by atoms with Crippen LogP contribution in [0.25, 0.3) is 0 Å². The summed E-state index contributed by atoms with van der Waals surface area (Å²) in [5, 5.41) is 8.35. The lowest BCUT2D eigenvalue weighted by molar-refractivity contribution is 0.196. The van der Waals surface area contributed by atoms with Gasteiger partial charge < -0.3 is 30.2 Å². The zero-order chi connectivity index (χ0) is 27.5. The average Bonchev–Trinajstić information content (AvgIpc) is 2.95. The molecule has 3 aromatic rings. The summed E-state index contributed by atoms with van der Waals surface area (Å²) in [5.41, 5.74) is 0. The number of amides is 3. The molecular weight excluding hydrogens is 498 g/mol. The van der Waals surface area contributed by atoms with E-state index in [-0.39, 0.29) is 5.92 Å². The monoisotopic (exact) mass is 533 g/mol. The van der Waals surface area contributed by atoms with Crippen molar-refractivity contribution in [3.8, 4) is 17.2 Å². The molecule has 39 heavy (non-hydrogen) atoms. The van der Waals surface area contributed by atoms with Gasteiger partial charge in [-0.3, -0.25) is 0 Å².